The van der Waals surface area contributed by atoms with Gasteiger partial charge in [0, 0.05) is 26.1 Å². The van der Waals surface area contributed by atoms with E-state index >= 15 is 0 Å². The van der Waals surface area contributed by atoms with Gasteiger partial charge in [-0.25, -0.2) is 0 Å². The average Bonchev–Trinajstić information content (AvgIpc) is 3.59. The van der Waals surface area contributed by atoms with Crippen LogP contribution in [0.3, 0.4) is 0 Å². The van der Waals surface area contributed by atoms with Crippen molar-refractivity contribution in [1.29, 1.82) is 0 Å². The monoisotopic (exact) mass is 585 g/mol. The van der Waals surface area contributed by atoms with Crippen molar-refractivity contribution in [2.45, 2.75) is 62.9 Å². The Morgan fingerprint density at radius 2 is 1.90 bits per heavy atom. The van der Waals surface area contributed by atoms with Gasteiger partial charge in [0.25, 0.3) is 5.91 Å². The Kier molecular flexibility index (Phi) is 8.82. The standard InChI is InChI=1S/C30H36ClN3O7/c1-19-18-32-23(36)12-4-2-7-15-33(21-11-6-5-10-20(21)31)28(38)26-30-14-13-22(41-30)24(29(39)40-19)25(30)27(37)34(26)16-8-3-9-17-35/h2,5-7,10-11,13-14,19,22,24-26,35H,3-4,8-9,12,15-18H2,1H3,(H,32,36)/b7-2-/t19-,22+,24-,25-,26+,30-/m0/s1. The quantitative estimate of drug-likeness (QED) is 0.298. The molecule has 220 valence electrons. The SMILES string of the molecule is C[C@H]1CNC(=O)CC/C=C\CN(c2ccccc2Cl)C(=O)[C@H]2N(CCCCCO)C(=O)[C@@H]3[C@@H](C(=O)O1)[C@H]1C=C[C@]32O1. The van der Waals surface area contributed by atoms with Gasteiger partial charge in [0.2, 0.25) is 11.8 Å². The molecule has 0 aliphatic carbocycles. The molecule has 2 fully saturated rings. The zero-order valence-corrected chi connectivity index (χ0v) is 23.8. The van der Waals surface area contributed by atoms with E-state index in [2.05, 4.69) is 5.32 Å². The van der Waals surface area contributed by atoms with Crippen molar-refractivity contribution in [3.8, 4) is 0 Å². The highest BCUT2D eigenvalue weighted by Crippen LogP contribution is 2.56. The van der Waals surface area contributed by atoms with Crippen LogP contribution in [-0.2, 0) is 28.7 Å². The number of amides is 3. The summed E-state index contributed by atoms with van der Waals surface area (Å²) in [6, 6.07) is 5.95. The molecule has 1 aromatic rings. The third kappa shape index (κ3) is 5.52. The van der Waals surface area contributed by atoms with Gasteiger partial charge in [0.1, 0.15) is 23.7 Å². The lowest BCUT2D eigenvalue weighted by Gasteiger charge is -2.36. The van der Waals surface area contributed by atoms with E-state index in [4.69, 9.17) is 21.1 Å². The minimum atomic E-state index is -1.34. The predicted molar refractivity (Wildman–Crippen MR) is 151 cm³/mol. The number of hydrogen-bond acceptors (Lipinski definition) is 7. The number of esters is 1. The Labute approximate surface area is 244 Å². The van der Waals surface area contributed by atoms with Crippen LogP contribution < -0.4 is 10.2 Å². The largest absolute Gasteiger partial charge is 0.460 e. The van der Waals surface area contributed by atoms with E-state index in [-0.39, 0.29) is 50.4 Å². The van der Waals surface area contributed by atoms with Crippen molar-refractivity contribution >= 4 is 41.0 Å². The molecule has 5 bridgehead atoms. The first-order valence-electron chi connectivity index (χ1n) is 14.2. The van der Waals surface area contributed by atoms with Gasteiger partial charge < -0.3 is 29.7 Å². The molecular weight excluding hydrogens is 550 g/mol. The number of rotatable bonds is 6. The number of para-hydroxylation sites is 1. The number of hydrogen-bond donors (Lipinski definition) is 2. The molecule has 5 rings (SSSR count). The predicted octanol–water partition coefficient (Wildman–Crippen LogP) is 2.38. The van der Waals surface area contributed by atoms with E-state index in [0.717, 1.165) is 0 Å². The topological polar surface area (TPSA) is 125 Å². The normalized spacial score (nSPS) is 32.7. The van der Waals surface area contributed by atoms with E-state index in [0.29, 0.717) is 36.4 Å². The van der Waals surface area contributed by atoms with Gasteiger partial charge in [0.05, 0.1) is 29.3 Å². The number of fused-ring (bicyclic) bond motifs is 2. The Morgan fingerprint density at radius 1 is 1.10 bits per heavy atom. The number of aliphatic hydroxyl groups is 1. The fourth-order valence-electron chi connectivity index (χ4n) is 6.33. The number of anilines is 1. The number of carbonyl (C=O) groups excluding carboxylic acids is 4. The molecule has 0 saturated carbocycles. The first kappa shape index (κ1) is 29.3. The maximum atomic E-state index is 14.6. The van der Waals surface area contributed by atoms with Gasteiger partial charge in [-0.1, -0.05) is 48.0 Å². The van der Waals surface area contributed by atoms with Crippen LogP contribution in [0.1, 0.15) is 39.0 Å². The molecule has 0 unspecified atom stereocenters. The number of unbranched alkanes of at least 4 members (excludes halogenated alkanes) is 2. The van der Waals surface area contributed by atoms with E-state index in [1.54, 1.807) is 43.3 Å². The number of allylic oxidation sites excluding steroid dienone is 1. The zero-order chi connectivity index (χ0) is 29.1. The lowest BCUT2D eigenvalue weighted by Crippen LogP contribution is -2.56. The number of likely N-dealkylation sites (tertiary alicyclic amines) is 1. The van der Waals surface area contributed by atoms with Crippen LogP contribution in [0.4, 0.5) is 5.69 Å². The summed E-state index contributed by atoms with van der Waals surface area (Å²) in [5, 5.41) is 12.4. The highest BCUT2D eigenvalue weighted by atomic mass is 35.5. The van der Waals surface area contributed by atoms with Crippen molar-refractivity contribution in [2.75, 3.05) is 31.1 Å². The van der Waals surface area contributed by atoms with Crippen LogP contribution in [0.5, 0.6) is 0 Å². The molecule has 4 heterocycles. The van der Waals surface area contributed by atoms with Gasteiger partial charge in [-0.15, -0.1) is 0 Å². The van der Waals surface area contributed by atoms with Gasteiger partial charge >= 0.3 is 5.97 Å². The highest BCUT2D eigenvalue weighted by Gasteiger charge is 2.73. The fraction of sp³-hybridized carbons (Fsp3) is 0.533. The summed E-state index contributed by atoms with van der Waals surface area (Å²) in [4.78, 5) is 57.6. The number of benzene rings is 1. The molecule has 1 aromatic carbocycles. The summed E-state index contributed by atoms with van der Waals surface area (Å²) in [6.07, 6.45) is 8.33. The molecule has 11 heteroatoms. The van der Waals surface area contributed by atoms with Crippen LogP contribution in [0.25, 0.3) is 0 Å². The van der Waals surface area contributed by atoms with Gasteiger partial charge in [-0.3, -0.25) is 19.2 Å². The summed E-state index contributed by atoms with van der Waals surface area (Å²) < 4.78 is 12.1. The summed E-state index contributed by atoms with van der Waals surface area (Å²) in [7, 11) is 0. The second kappa shape index (κ2) is 12.3. The lowest BCUT2D eigenvalue weighted by molar-refractivity contribution is -0.158. The Balaban J connectivity index is 1.57. The summed E-state index contributed by atoms with van der Waals surface area (Å²) in [5.41, 5.74) is -0.859. The zero-order valence-electron chi connectivity index (χ0n) is 23.0. The molecule has 0 radical (unpaired) electrons. The summed E-state index contributed by atoms with van der Waals surface area (Å²) >= 11 is 6.56. The lowest BCUT2D eigenvalue weighted by atomic mass is 9.74. The Bertz CT molecular complexity index is 1250. The van der Waals surface area contributed by atoms with Crippen LogP contribution in [0.2, 0.25) is 5.02 Å². The van der Waals surface area contributed by atoms with Crippen LogP contribution in [-0.4, -0.2) is 83.8 Å². The average molecular weight is 586 g/mol. The van der Waals surface area contributed by atoms with Crippen molar-refractivity contribution in [1.82, 2.24) is 10.2 Å². The Morgan fingerprint density at radius 3 is 2.68 bits per heavy atom. The van der Waals surface area contributed by atoms with E-state index < -0.39 is 41.7 Å². The molecule has 6 atom stereocenters. The van der Waals surface area contributed by atoms with Gasteiger partial charge in [-0.05, 0) is 44.7 Å². The number of carbonyl (C=O) groups is 4. The molecule has 2 saturated heterocycles. The number of aliphatic hydroxyl groups excluding tert-OH is 1. The van der Waals surface area contributed by atoms with Crippen molar-refractivity contribution < 1.29 is 33.8 Å². The number of nitrogens with one attached hydrogen (secondary N) is 1. The van der Waals surface area contributed by atoms with Crippen molar-refractivity contribution in [3.05, 3.63) is 53.6 Å². The summed E-state index contributed by atoms with van der Waals surface area (Å²) in [5.74, 6) is -3.35. The second-order valence-corrected chi connectivity index (χ2v) is 11.4. The minimum Gasteiger partial charge on any atom is -0.460 e. The van der Waals surface area contributed by atoms with Crippen LogP contribution in [0.15, 0.2) is 48.6 Å². The molecule has 3 amide bonds. The molecule has 10 nitrogen and oxygen atoms in total. The van der Waals surface area contributed by atoms with Gasteiger partial charge in [0.15, 0.2) is 0 Å². The van der Waals surface area contributed by atoms with E-state index in [1.165, 1.54) is 9.80 Å². The third-order valence-corrected chi connectivity index (χ3v) is 8.56. The maximum absolute atomic E-state index is 14.6. The molecular formula is C30H36ClN3O7. The molecule has 4 aliphatic rings. The van der Waals surface area contributed by atoms with E-state index in [1.807, 2.05) is 12.2 Å². The maximum Gasteiger partial charge on any atom is 0.313 e. The fourth-order valence-corrected chi connectivity index (χ4v) is 6.57. The molecule has 4 aliphatic heterocycles. The first-order chi connectivity index (χ1) is 19.8. The molecule has 2 N–H and O–H groups in total. The minimum absolute atomic E-state index is 0.0373. The number of ether oxygens (including phenoxy) is 2. The first-order valence-corrected chi connectivity index (χ1v) is 14.6. The van der Waals surface area contributed by atoms with E-state index in [9.17, 15) is 24.3 Å². The van der Waals surface area contributed by atoms with Crippen LogP contribution >= 0.6 is 11.6 Å². The Hall–Kier alpha value is -3.21. The smallest absolute Gasteiger partial charge is 0.313 e. The third-order valence-electron chi connectivity index (χ3n) is 8.24. The van der Waals surface area contributed by atoms with Crippen LogP contribution in [0, 0.1) is 11.8 Å². The number of nitrogens with zero attached hydrogens (tertiary/aromatic N) is 2. The number of cyclic esters (lactones) is 1. The number of halogens is 1. The highest BCUT2D eigenvalue weighted by molar-refractivity contribution is 6.34. The van der Waals surface area contributed by atoms with Crippen molar-refractivity contribution in [2.24, 2.45) is 11.8 Å². The summed E-state index contributed by atoms with van der Waals surface area (Å²) in [6.45, 7) is 2.29. The van der Waals surface area contributed by atoms with Gasteiger partial charge in [-0.2, -0.15) is 0 Å². The molecule has 1 spiro atoms. The molecule has 0 aromatic heterocycles. The second-order valence-electron chi connectivity index (χ2n) is 11.0. The molecule has 41 heavy (non-hydrogen) atoms. The van der Waals surface area contributed by atoms with Crippen molar-refractivity contribution in [3.63, 3.8) is 0 Å².